The fourth-order valence-corrected chi connectivity index (χ4v) is 2.75. The van der Waals surface area contributed by atoms with Crippen molar-refractivity contribution in [2.75, 3.05) is 25.2 Å². The highest BCUT2D eigenvalue weighted by molar-refractivity contribution is 7.91. The van der Waals surface area contributed by atoms with E-state index in [4.69, 9.17) is 15.0 Å². The second-order valence-corrected chi connectivity index (χ2v) is 6.67. The van der Waals surface area contributed by atoms with Gasteiger partial charge in [-0.3, -0.25) is 4.55 Å². The number of nitrogens with two attached hydrogens (primary N) is 1. The summed E-state index contributed by atoms with van der Waals surface area (Å²) < 4.78 is 61.5. The third kappa shape index (κ3) is 4.67. The van der Waals surface area contributed by atoms with Crippen molar-refractivity contribution in [3.8, 4) is 5.75 Å². The van der Waals surface area contributed by atoms with E-state index in [0.29, 0.717) is 0 Å². The molecule has 10 heteroatoms. The summed E-state index contributed by atoms with van der Waals surface area (Å²) in [6.45, 7) is -0.687. The Balaban J connectivity index is 2.89. The number of methoxy groups -OCH3 is 1. The van der Waals surface area contributed by atoms with Gasteiger partial charge in [0.15, 0.2) is 9.84 Å². The average Bonchev–Trinajstić information content (AvgIpc) is 2.27. The zero-order valence-electron chi connectivity index (χ0n) is 9.94. The molecule has 0 aliphatic heterocycles. The van der Waals surface area contributed by atoms with Crippen LogP contribution in [0.3, 0.4) is 0 Å². The maximum atomic E-state index is 11.8. The minimum Gasteiger partial charge on any atom is -0.495 e. The first kappa shape index (κ1) is 15.7. The van der Waals surface area contributed by atoms with E-state index in [0.717, 1.165) is 0 Å². The van der Waals surface area contributed by atoms with Crippen LogP contribution in [0.15, 0.2) is 23.1 Å². The van der Waals surface area contributed by atoms with Gasteiger partial charge in [-0.25, -0.2) is 12.6 Å². The highest BCUT2D eigenvalue weighted by Crippen LogP contribution is 2.25. The van der Waals surface area contributed by atoms with Crippen molar-refractivity contribution < 1.29 is 30.3 Å². The van der Waals surface area contributed by atoms with Crippen LogP contribution < -0.4 is 10.5 Å². The number of ether oxygens (including phenoxy) is 1. The van der Waals surface area contributed by atoms with E-state index in [1.165, 1.54) is 25.3 Å². The van der Waals surface area contributed by atoms with Crippen molar-refractivity contribution in [2.45, 2.75) is 4.90 Å². The Kier molecular flexibility index (Phi) is 4.74. The van der Waals surface area contributed by atoms with E-state index in [-0.39, 0.29) is 16.3 Å². The van der Waals surface area contributed by atoms with Crippen LogP contribution in [-0.4, -0.2) is 40.9 Å². The topological polar surface area (TPSA) is 133 Å². The molecule has 3 N–H and O–H groups in total. The quantitative estimate of drug-likeness (QED) is 0.548. The summed E-state index contributed by atoms with van der Waals surface area (Å²) in [4.78, 5) is -0.0857. The lowest BCUT2D eigenvalue weighted by Gasteiger charge is -2.08. The molecule has 1 rings (SSSR count). The standard InChI is InChI=1S/C9H13NO7S2/c1-16-9-6-7(2-3-8(9)10)18(11,12)5-4-17-19(13,14)15/h2-3,6H,4-5,10H2,1H3,(H,13,14,15). The number of rotatable bonds is 6. The van der Waals surface area contributed by atoms with Crippen LogP contribution in [-0.2, 0) is 24.4 Å². The zero-order chi connectivity index (χ0) is 14.7. The minimum atomic E-state index is -4.66. The van der Waals surface area contributed by atoms with Gasteiger partial charge >= 0.3 is 10.4 Å². The van der Waals surface area contributed by atoms with Crippen molar-refractivity contribution in [3.63, 3.8) is 0 Å². The number of anilines is 1. The number of hydrogen-bond acceptors (Lipinski definition) is 7. The van der Waals surface area contributed by atoms with E-state index in [2.05, 4.69) is 4.18 Å². The predicted octanol–water partition coefficient (Wildman–Crippen LogP) is -0.129. The molecule has 1 aromatic carbocycles. The molecule has 1 aromatic rings. The van der Waals surface area contributed by atoms with Gasteiger partial charge < -0.3 is 10.5 Å². The number of nitrogen functional groups attached to an aromatic ring is 1. The molecular weight excluding hydrogens is 298 g/mol. The first-order chi connectivity index (χ1) is 8.65. The molecule has 108 valence electrons. The van der Waals surface area contributed by atoms with Crippen LogP contribution in [0.2, 0.25) is 0 Å². The lowest BCUT2D eigenvalue weighted by molar-refractivity contribution is 0.284. The van der Waals surface area contributed by atoms with Gasteiger partial charge in [0.05, 0.1) is 30.1 Å². The Hall–Kier alpha value is -1.36. The molecule has 0 atom stereocenters. The number of sulfone groups is 1. The Morgan fingerprint density at radius 3 is 2.42 bits per heavy atom. The molecule has 0 saturated carbocycles. The zero-order valence-corrected chi connectivity index (χ0v) is 11.6. The summed E-state index contributed by atoms with van der Waals surface area (Å²) in [5.74, 6) is -0.420. The molecular formula is C9H13NO7S2. The summed E-state index contributed by atoms with van der Waals surface area (Å²) in [5, 5.41) is 0. The fourth-order valence-electron chi connectivity index (χ4n) is 1.25. The van der Waals surface area contributed by atoms with Crippen LogP contribution in [0.4, 0.5) is 5.69 Å². The second-order valence-electron chi connectivity index (χ2n) is 3.47. The van der Waals surface area contributed by atoms with Crippen molar-refractivity contribution in [1.82, 2.24) is 0 Å². The SMILES string of the molecule is COc1cc(S(=O)(=O)CCOS(=O)(=O)O)ccc1N. The summed E-state index contributed by atoms with van der Waals surface area (Å²) in [6.07, 6.45) is 0. The maximum absolute atomic E-state index is 11.8. The van der Waals surface area contributed by atoms with Crippen molar-refractivity contribution in [1.29, 1.82) is 0 Å². The molecule has 19 heavy (non-hydrogen) atoms. The highest BCUT2D eigenvalue weighted by Gasteiger charge is 2.17. The van der Waals surface area contributed by atoms with E-state index < -0.39 is 32.6 Å². The van der Waals surface area contributed by atoms with Crippen LogP contribution in [0.1, 0.15) is 0 Å². The molecule has 0 aliphatic rings. The summed E-state index contributed by atoms with van der Waals surface area (Å²) in [7, 11) is -7.09. The molecule has 0 fully saturated rings. The van der Waals surface area contributed by atoms with Gasteiger partial charge in [0.1, 0.15) is 5.75 Å². The molecule has 0 aromatic heterocycles. The number of hydrogen-bond donors (Lipinski definition) is 2. The molecule has 8 nitrogen and oxygen atoms in total. The van der Waals surface area contributed by atoms with E-state index >= 15 is 0 Å². The second kappa shape index (κ2) is 5.74. The van der Waals surface area contributed by atoms with E-state index in [1.807, 2.05) is 0 Å². The Bertz CT molecular complexity index is 651. The van der Waals surface area contributed by atoms with Gasteiger partial charge in [-0.05, 0) is 12.1 Å². The van der Waals surface area contributed by atoms with Gasteiger partial charge in [-0.2, -0.15) is 8.42 Å². The third-order valence-corrected chi connectivity index (χ3v) is 4.29. The van der Waals surface area contributed by atoms with E-state index in [9.17, 15) is 16.8 Å². The van der Waals surface area contributed by atoms with Gasteiger partial charge in [0, 0.05) is 6.07 Å². The Labute approximate surface area is 111 Å². The predicted molar refractivity (Wildman–Crippen MR) is 67.0 cm³/mol. The third-order valence-electron chi connectivity index (χ3n) is 2.15. The molecule has 0 spiro atoms. The Morgan fingerprint density at radius 1 is 1.26 bits per heavy atom. The molecule has 0 unspecified atom stereocenters. The monoisotopic (exact) mass is 311 g/mol. The van der Waals surface area contributed by atoms with Crippen molar-refractivity contribution in [2.24, 2.45) is 0 Å². The normalized spacial score (nSPS) is 12.3. The molecule has 0 amide bonds. The van der Waals surface area contributed by atoms with Gasteiger partial charge in [-0.1, -0.05) is 0 Å². The smallest absolute Gasteiger partial charge is 0.397 e. The van der Waals surface area contributed by atoms with E-state index in [1.54, 1.807) is 0 Å². The van der Waals surface area contributed by atoms with Gasteiger partial charge in [0.25, 0.3) is 0 Å². The lowest BCUT2D eigenvalue weighted by atomic mass is 10.3. The van der Waals surface area contributed by atoms with Crippen LogP contribution in [0, 0.1) is 0 Å². The number of benzene rings is 1. The van der Waals surface area contributed by atoms with Crippen LogP contribution in [0.5, 0.6) is 5.75 Å². The molecule has 0 heterocycles. The first-order valence-corrected chi connectivity index (χ1v) is 7.95. The minimum absolute atomic E-state index is 0.0857. The van der Waals surface area contributed by atoms with Crippen LogP contribution in [0.25, 0.3) is 0 Å². The molecule has 0 saturated heterocycles. The fraction of sp³-hybridized carbons (Fsp3) is 0.333. The summed E-state index contributed by atoms with van der Waals surface area (Å²) >= 11 is 0. The first-order valence-electron chi connectivity index (χ1n) is 4.94. The average molecular weight is 311 g/mol. The summed E-state index contributed by atoms with van der Waals surface area (Å²) in [5.41, 5.74) is 5.82. The largest absolute Gasteiger partial charge is 0.495 e. The summed E-state index contributed by atoms with van der Waals surface area (Å²) in [6, 6.07) is 3.84. The Morgan fingerprint density at radius 2 is 1.89 bits per heavy atom. The lowest BCUT2D eigenvalue weighted by Crippen LogP contribution is -2.15. The van der Waals surface area contributed by atoms with Gasteiger partial charge in [-0.15, -0.1) is 0 Å². The maximum Gasteiger partial charge on any atom is 0.397 e. The van der Waals surface area contributed by atoms with Crippen LogP contribution >= 0.6 is 0 Å². The molecule has 0 radical (unpaired) electrons. The van der Waals surface area contributed by atoms with Crippen molar-refractivity contribution in [3.05, 3.63) is 18.2 Å². The van der Waals surface area contributed by atoms with Crippen molar-refractivity contribution >= 4 is 25.9 Å². The highest BCUT2D eigenvalue weighted by atomic mass is 32.3. The molecule has 0 aliphatic carbocycles. The van der Waals surface area contributed by atoms with Gasteiger partial charge in [0.2, 0.25) is 0 Å². The molecule has 0 bridgehead atoms.